The fourth-order valence-electron chi connectivity index (χ4n) is 3.17. The molecule has 1 fully saturated rings. The summed E-state index contributed by atoms with van der Waals surface area (Å²) in [5.74, 6) is 1.96. The average Bonchev–Trinajstić information content (AvgIpc) is 3.24. The number of carbonyl (C=O) groups excluding carboxylic acids is 1. The van der Waals surface area contributed by atoms with Gasteiger partial charge < -0.3 is 14.2 Å². The first-order chi connectivity index (χ1) is 12.2. The summed E-state index contributed by atoms with van der Waals surface area (Å²) >= 11 is 1.52. The van der Waals surface area contributed by atoms with E-state index in [0.717, 1.165) is 18.9 Å². The van der Waals surface area contributed by atoms with Crippen LogP contribution in [0.2, 0.25) is 0 Å². The lowest BCUT2D eigenvalue weighted by Crippen LogP contribution is -2.49. The quantitative estimate of drug-likeness (QED) is 0.721. The van der Waals surface area contributed by atoms with Crippen molar-refractivity contribution >= 4 is 33.3 Å². The number of aromatic nitrogens is 2. The van der Waals surface area contributed by atoms with Crippen molar-refractivity contribution in [2.75, 3.05) is 31.1 Å². The first-order valence-corrected chi connectivity index (χ1v) is 9.29. The van der Waals surface area contributed by atoms with E-state index < -0.39 is 0 Å². The van der Waals surface area contributed by atoms with Gasteiger partial charge in [-0.25, -0.2) is 4.98 Å². The third-order valence-electron chi connectivity index (χ3n) is 4.56. The Hall–Kier alpha value is -2.41. The number of carbonyl (C=O) groups is 1. The summed E-state index contributed by atoms with van der Waals surface area (Å²) in [5.41, 5.74) is 0.676. The van der Waals surface area contributed by atoms with E-state index in [4.69, 9.17) is 4.42 Å². The Balaban J connectivity index is 1.47. The molecule has 0 unspecified atom stereocenters. The van der Waals surface area contributed by atoms with Gasteiger partial charge in [0.2, 0.25) is 5.76 Å². The van der Waals surface area contributed by atoms with Gasteiger partial charge in [0.25, 0.3) is 5.91 Å². The second kappa shape index (κ2) is 6.48. The number of hydrogen-bond donors (Lipinski definition) is 0. The molecule has 1 amide bonds. The number of benzene rings is 1. The van der Waals surface area contributed by atoms with Crippen LogP contribution in [0.3, 0.4) is 0 Å². The maximum Gasteiger partial charge on any atom is 0.291 e. The number of hydrogen-bond acceptors (Lipinski definition) is 6. The van der Waals surface area contributed by atoms with Gasteiger partial charge in [0.05, 0.1) is 10.4 Å². The normalized spacial score (nSPS) is 15.1. The van der Waals surface area contributed by atoms with E-state index in [1.165, 1.54) is 21.6 Å². The molecule has 0 atom stereocenters. The Bertz CT molecular complexity index is 909. The van der Waals surface area contributed by atoms with E-state index in [1.807, 2.05) is 30.9 Å². The number of nitrogens with zero attached hydrogens (tertiary/aromatic N) is 4. The van der Waals surface area contributed by atoms with Gasteiger partial charge in [0, 0.05) is 38.0 Å². The number of amides is 1. The Morgan fingerprint density at radius 2 is 2.00 bits per heavy atom. The van der Waals surface area contributed by atoms with E-state index in [9.17, 15) is 4.79 Å². The molecule has 0 bridgehead atoms. The summed E-state index contributed by atoms with van der Waals surface area (Å²) < 4.78 is 11.4. The molecule has 0 N–H and O–H groups in total. The lowest BCUT2D eigenvalue weighted by molar-refractivity contribution is 0.0711. The first-order valence-electron chi connectivity index (χ1n) is 8.52. The molecule has 0 aliphatic carbocycles. The number of rotatable bonds is 3. The molecule has 25 heavy (non-hydrogen) atoms. The molecule has 4 rings (SSSR count). The maximum atomic E-state index is 12.7. The first kappa shape index (κ1) is 16.1. The van der Waals surface area contributed by atoms with Crippen LogP contribution < -0.4 is 4.90 Å². The highest BCUT2D eigenvalue weighted by Gasteiger charge is 2.27. The van der Waals surface area contributed by atoms with Gasteiger partial charge in [-0.3, -0.25) is 4.79 Å². The monoisotopic (exact) mass is 356 g/mol. The third-order valence-corrected chi connectivity index (χ3v) is 5.38. The predicted octanol–water partition coefficient (Wildman–Crippen LogP) is 3.12. The molecule has 0 saturated carbocycles. The number of piperazine rings is 1. The Morgan fingerprint density at radius 3 is 2.72 bits per heavy atom. The minimum atomic E-state index is -0.0625. The highest BCUT2D eigenvalue weighted by molar-refractivity contribution is 7.13. The van der Waals surface area contributed by atoms with E-state index in [-0.39, 0.29) is 5.91 Å². The molecular formula is C18H20N4O2S. The topological polar surface area (TPSA) is 62.5 Å². The van der Waals surface area contributed by atoms with Gasteiger partial charge in [-0.15, -0.1) is 0 Å². The van der Waals surface area contributed by atoms with Gasteiger partial charge in [0.1, 0.15) is 5.82 Å². The lowest BCUT2D eigenvalue weighted by atomic mass is 10.2. The SMILES string of the molecule is CCc1nc(C)c(C(=O)N2CCN(c3nsc4ccccc34)CC2)o1. The zero-order valence-corrected chi connectivity index (χ0v) is 15.2. The van der Waals surface area contributed by atoms with Crippen LogP contribution in [0.1, 0.15) is 29.1 Å². The van der Waals surface area contributed by atoms with Crippen LogP contribution in [0.5, 0.6) is 0 Å². The van der Waals surface area contributed by atoms with E-state index >= 15 is 0 Å². The number of aryl methyl sites for hydroxylation is 2. The minimum absolute atomic E-state index is 0.0625. The van der Waals surface area contributed by atoms with Crippen LogP contribution in [0, 0.1) is 6.92 Å². The Labute approximate surface area is 150 Å². The summed E-state index contributed by atoms with van der Waals surface area (Å²) in [6.45, 7) is 6.66. The van der Waals surface area contributed by atoms with E-state index in [1.54, 1.807) is 0 Å². The smallest absolute Gasteiger partial charge is 0.291 e. The highest BCUT2D eigenvalue weighted by atomic mass is 32.1. The predicted molar refractivity (Wildman–Crippen MR) is 98.4 cm³/mol. The van der Waals surface area contributed by atoms with E-state index in [2.05, 4.69) is 26.4 Å². The van der Waals surface area contributed by atoms with Crippen LogP contribution in [0.25, 0.3) is 10.1 Å². The van der Waals surface area contributed by atoms with Crippen molar-refractivity contribution in [3.8, 4) is 0 Å². The summed E-state index contributed by atoms with van der Waals surface area (Å²) in [5, 5.41) is 1.19. The summed E-state index contributed by atoms with van der Waals surface area (Å²) in [4.78, 5) is 21.1. The van der Waals surface area contributed by atoms with Crippen molar-refractivity contribution in [3.05, 3.63) is 41.6 Å². The van der Waals surface area contributed by atoms with Crippen LogP contribution in [0.4, 0.5) is 5.82 Å². The molecule has 0 spiro atoms. The van der Waals surface area contributed by atoms with Crippen LogP contribution in [-0.2, 0) is 6.42 Å². The van der Waals surface area contributed by atoms with Gasteiger partial charge in [-0.05, 0) is 30.6 Å². The molecule has 1 aromatic carbocycles. The zero-order chi connectivity index (χ0) is 17.4. The van der Waals surface area contributed by atoms with E-state index in [0.29, 0.717) is 36.9 Å². The summed E-state index contributed by atoms with van der Waals surface area (Å²) in [7, 11) is 0. The van der Waals surface area contributed by atoms with Crippen molar-refractivity contribution in [1.29, 1.82) is 0 Å². The Morgan fingerprint density at radius 1 is 1.24 bits per heavy atom. The molecule has 130 valence electrons. The molecule has 6 nitrogen and oxygen atoms in total. The molecule has 3 heterocycles. The highest BCUT2D eigenvalue weighted by Crippen LogP contribution is 2.30. The van der Waals surface area contributed by atoms with Gasteiger partial charge in [-0.1, -0.05) is 19.1 Å². The fourth-order valence-corrected chi connectivity index (χ4v) is 3.96. The molecule has 0 radical (unpaired) electrons. The van der Waals surface area contributed by atoms with Gasteiger partial charge in [-0.2, -0.15) is 4.37 Å². The molecule has 1 aliphatic rings. The second-order valence-electron chi connectivity index (χ2n) is 6.16. The van der Waals surface area contributed by atoms with Crippen molar-refractivity contribution in [1.82, 2.24) is 14.3 Å². The van der Waals surface area contributed by atoms with Crippen molar-refractivity contribution in [3.63, 3.8) is 0 Å². The lowest BCUT2D eigenvalue weighted by Gasteiger charge is -2.34. The Kier molecular flexibility index (Phi) is 4.17. The molecular weight excluding hydrogens is 336 g/mol. The van der Waals surface area contributed by atoms with Crippen LogP contribution >= 0.6 is 11.5 Å². The van der Waals surface area contributed by atoms with Gasteiger partial charge in [0.15, 0.2) is 5.89 Å². The molecule has 1 saturated heterocycles. The number of anilines is 1. The minimum Gasteiger partial charge on any atom is -0.435 e. The number of oxazole rings is 1. The molecule has 3 aromatic rings. The molecule has 7 heteroatoms. The third kappa shape index (κ3) is 2.89. The summed E-state index contributed by atoms with van der Waals surface area (Å²) in [6.07, 6.45) is 0.693. The standard InChI is InChI=1S/C18H20N4O2S/c1-3-15-19-12(2)16(24-15)18(23)22-10-8-21(9-11-22)17-13-6-4-5-7-14(13)25-20-17/h4-7H,3,8-11H2,1-2H3. The van der Waals surface area contributed by atoms with Crippen LogP contribution in [-0.4, -0.2) is 46.3 Å². The second-order valence-corrected chi connectivity index (χ2v) is 6.96. The molecule has 1 aliphatic heterocycles. The average molecular weight is 356 g/mol. The zero-order valence-electron chi connectivity index (χ0n) is 14.4. The summed E-state index contributed by atoms with van der Waals surface area (Å²) in [6, 6.07) is 8.27. The van der Waals surface area contributed by atoms with Gasteiger partial charge >= 0.3 is 0 Å². The van der Waals surface area contributed by atoms with Crippen molar-refractivity contribution in [2.24, 2.45) is 0 Å². The molecule has 2 aromatic heterocycles. The van der Waals surface area contributed by atoms with Crippen LogP contribution in [0.15, 0.2) is 28.7 Å². The van der Waals surface area contributed by atoms with Crippen molar-refractivity contribution in [2.45, 2.75) is 20.3 Å². The largest absolute Gasteiger partial charge is 0.435 e. The maximum absolute atomic E-state index is 12.7. The fraction of sp³-hybridized carbons (Fsp3) is 0.389. The van der Waals surface area contributed by atoms with Crippen molar-refractivity contribution < 1.29 is 9.21 Å². The number of fused-ring (bicyclic) bond motifs is 1.